The van der Waals surface area contributed by atoms with Crippen molar-refractivity contribution < 1.29 is 9.53 Å². The van der Waals surface area contributed by atoms with Crippen LogP contribution in [0.15, 0.2) is 29.4 Å². The van der Waals surface area contributed by atoms with Crippen molar-refractivity contribution in [2.75, 3.05) is 24.7 Å². The highest BCUT2D eigenvalue weighted by Gasteiger charge is 2.26. The first-order chi connectivity index (χ1) is 13.1. The van der Waals surface area contributed by atoms with E-state index in [-0.39, 0.29) is 29.3 Å². The lowest BCUT2D eigenvalue weighted by Gasteiger charge is -2.35. The van der Waals surface area contributed by atoms with Gasteiger partial charge in [-0.3, -0.25) is 4.79 Å². The zero-order valence-corrected chi connectivity index (χ0v) is 18.0. The van der Waals surface area contributed by atoms with E-state index < -0.39 is 0 Å². The molecule has 2 N–H and O–H groups in total. The van der Waals surface area contributed by atoms with Crippen LogP contribution in [0, 0.1) is 0 Å². The average Bonchev–Trinajstić information content (AvgIpc) is 2.99. The second-order valence-electron chi connectivity index (χ2n) is 8.35. The molecule has 0 unspecified atom stereocenters. The zero-order valence-electron chi connectivity index (χ0n) is 17.2. The maximum absolute atomic E-state index is 12.5. The fourth-order valence-corrected chi connectivity index (χ4v) is 4.05. The van der Waals surface area contributed by atoms with Gasteiger partial charge in [-0.2, -0.15) is 0 Å². The fourth-order valence-electron chi connectivity index (χ4n) is 3.29. The van der Waals surface area contributed by atoms with E-state index in [4.69, 9.17) is 10.6 Å². The molecule has 0 spiro atoms. The molecule has 0 radical (unpaired) electrons. The Labute approximate surface area is 170 Å². The third kappa shape index (κ3) is 4.67. The van der Waals surface area contributed by atoms with Crippen molar-refractivity contribution in [2.45, 2.75) is 57.4 Å². The maximum Gasteiger partial charge on any atom is 0.233 e. The number of benzene rings is 1. The number of carbonyl (C=O) groups is 1. The predicted octanol–water partition coefficient (Wildman–Crippen LogP) is 2.68. The first-order valence-electron chi connectivity index (χ1n) is 9.52. The third-order valence-corrected chi connectivity index (χ3v) is 5.70. The van der Waals surface area contributed by atoms with Crippen LogP contribution in [-0.2, 0) is 14.9 Å². The molecule has 0 saturated carbocycles. The molecular formula is C20H29N5O2S. The first kappa shape index (κ1) is 20.7. The number of nitrogens with zero attached hydrogens (tertiary/aromatic N) is 4. The maximum atomic E-state index is 12.5. The SMILES string of the molecule is C[C@H]1CN(C(=O)CSc2nnc(-c3ccc(C(C)(C)C)cc3)n2N)C[C@H](C)O1. The molecule has 0 bridgehead atoms. The Morgan fingerprint density at radius 1 is 1.18 bits per heavy atom. The summed E-state index contributed by atoms with van der Waals surface area (Å²) in [5, 5.41) is 8.91. The van der Waals surface area contributed by atoms with Crippen LogP contribution in [0.4, 0.5) is 0 Å². The lowest BCUT2D eigenvalue weighted by molar-refractivity contribution is -0.140. The van der Waals surface area contributed by atoms with Crippen LogP contribution in [0.3, 0.4) is 0 Å². The largest absolute Gasteiger partial charge is 0.372 e. The Morgan fingerprint density at radius 2 is 1.79 bits per heavy atom. The highest BCUT2D eigenvalue weighted by atomic mass is 32.2. The molecule has 1 aliphatic rings. The van der Waals surface area contributed by atoms with Crippen molar-refractivity contribution in [3.8, 4) is 11.4 Å². The molecule has 1 saturated heterocycles. The first-order valence-corrected chi connectivity index (χ1v) is 10.5. The van der Waals surface area contributed by atoms with Crippen molar-refractivity contribution >= 4 is 17.7 Å². The van der Waals surface area contributed by atoms with Crippen LogP contribution in [0.1, 0.15) is 40.2 Å². The van der Waals surface area contributed by atoms with Crippen LogP contribution in [0.2, 0.25) is 0 Å². The molecule has 152 valence electrons. The van der Waals surface area contributed by atoms with Gasteiger partial charge in [-0.15, -0.1) is 10.2 Å². The van der Waals surface area contributed by atoms with Crippen molar-refractivity contribution in [3.05, 3.63) is 29.8 Å². The molecule has 28 heavy (non-hydrogen) atoms. The number of carbonyl (C=O) groups excluding carboxylic acids is 1. The molecule has 2 heterocycles. The summed E-state index contributed by atoms with van der Waals surface area (Å²) in [6, 6.07) is 8.18. The summed E-state index contributed by atoms with van der Waals surface area (Å²) < 4.78 is 7.14. The standard InChI is InChI=1S/C20H29N5O2S/c1-13-10-24(11-14(2)27-13)17(26)12-28-19-23-22-18(25(19)21)15-6-8-16(9-7-15)20(3,4)5/h6-9,13-14H,10-12,21H2,1-5H3/t13-,14-/m0/s1. The van der Waals surface area contributed by atoms with Gasteiger partial charge in [0.1, 0.15) is 0 Å². The van der Waals surface area contributed by atoms with Gasteiger partial charge in [-0.05, 0) is 24.8 Å². The van der Waals surface area contributed by atoms with Gasteiger partial charge in [-0.1, -0.05) is 56.8 Å². The molecule has 8 heteroatoms. The fraction of sp³-hybridized carbons (Fsp3) is 0.550. The Morgan fingerprint density at radius 3 is 2.36 bits per heavy atom. The van der Waals surface area contributed by atoms with Crippen LogP contribution in [-0.4, -0.2) is 56.7 Å². The number of amides is 1. The molecular weight excluding hydrogens is 374 g/mol. The Balaban J connectivity index is 1.65. The number of nitrogens with two attached hydrogens (primary N) is 1. The summed E-state index contributed by atoms with van der Waals surface area (Å²) in [5.74, 6) is 7.12. The Bertz CT molecular complexity index is 818. The van der Waals surface area contributed by atoms with E-state index in [0.29, 0.717) is 24.1 Å². The molecule has 1 aromatic heterocycles. The zero-order chi connectivity index (χ0) is 20.5. The summed E-state index contributed by atoms with van der Waals surface area (Å²) in [4.78, 5) is 14.4. The lowest BCUT2D eigenvalue weighted by Crippen LogP contribution is -2.48. The number of thioether (sulfide) groups is 1. The van der Waals surface area contributed by atoms with E-state index >= 15 is 0 Å². The number of rotatable bonds is 4. The van der Waals surface area contributed by atoms with Crippen molar-refractivity contribution in [1.82, 2.24) is 19.8 Å². The van der Waals surface area contributed by atoms with Crippen molar-refractivity contribution in [1.29, 1.82) is 0 Å². The van der Waals surface area contributed by atoms with Crippen LogP contribution in [0.5, 0.6) is 0 Å². The van der Waals surface area contributed by atoms with Gasteiger partial charge < -0.3 is 15.5 Å². The molecule has 1 amide bonds. The minimum Gasteiger partial charge on any atom is -0.372 e. The number of morpholine rings is 1. The molecule has 1 aliphatic heterocycles. The number of nitrogen functional groups attached to an aromatic ring is 1. The highest BCUT2D eigenvalue weighted by molar-refractivity contribution is 7.99. The van der Waals surface area contributed by atoms with E-state index in [9.17, 15) is 4.79 Å². The molecule has 3 rings (SSSR count). The van der Waals surface area contributed by atoms with Gasteiger partial charge in [-0.25, -0.2) is 4.68 Å². The molecule has 1 aromatic carbocycles. The quantitative estimate of drug-likeness (QED) is 0.624. The summed E-state index contributed by atoms with van der Waals surface area (Å²) >= 11 is 1.31. The van der Waals surface area contributed by atoms with E-state index in [2.05, 4.69) is 43.1 Å². The van der Waals surface area contributed by atoms with Crippen LogP contribution in [0.25, 0.3) is 11.4 Å². The van der Waals surface area contributed by atoms with E-state index in [1.165, 1.54) is 22.0 Å². The Hall–Kier alpha value is -2.06. The van der Waals surface area contributed by atoms with Gasteiger partial charge in [0.25, 0.3) is 0 Å². The van der Waals surface area contributed by atoms with Gasteiger partial charge in [0.05, 0.1) is 18.0 Å². The second kappa shape index (κ2) is 8.13. The summed E-state index contributed by atoms with van der Waals surface area (Å²) in [5.41, 5.74) is 2.23. The number of hydrogen-bond acceptors (Lipinski definition) is 6. The minimum absolute atomic E-state index is 0.0542. The van der Waals surface area contributed by atoms with E-state index in [1.807, 2.05) is 30.9 Å². The van der Waals surface area contributed by atoms with Crippen molar-refractivity contribution in [2.24, 2.45) is 0 Å². The van der Waals surface area contributed by atoms with Crippen molar-refractivity contribution in [3.63, 3.8) is 0 Å². The molecule has 1 fully saturated rings. The van der Waals surface area contributed by atoms with Crippen LogP contribution >= 0.6 is 11.8 Å². The molecule has 7 nitrogen and oxygen atoms in total. The van der Waals surface area contributed by atoms with Gasteiger partial charge in [0, 0.05) is 18.7 Å². The number of aromatic nitrogens is 3. The van der Waals surface area contributed by atoms with E-state index in [0.717, 1.165) is 5.56 Å². The number of hydrogen-bond donors (Lipinski definition) is 1. The third-order valence-electron chi connectivity index (χ3n) is 4.77. The second-order valence-corrected chi connectivity index (χ2v) is 9.29. The lowest BCUT2D eigenvalue weighted by atomic mass is 9.87. The van der Waals surface area contributed by atoms with Gasteiger partial charge in [0.15, 0.2) is 5.82 Å². The summed E-state index contributed by atoms with van der Waals surface area (Å²) in [6.45, 7) is 11.7. The molecule has 0 aliphatic carbocycles. The van der Waals surface area contributed by atoms with E-state index in [1.54, 1.807) is 0 Å². The topological polar surface area (TPSA) is 86.3 Å². The normalized spacial score (nSPS) is 20.4. The highest BCUT2D eigenvalue weighted by Crippen LogP contribution is 2.26. The predicted molar refractivity (Wildman–Crippen MR) is 112 cm³/mol. The summed E-state index contributed by atoms with van der Waals surface area (Å²) in [6.07, 6.45) is 0.108. The average molecular weight is 404 g/mol. The van der Waals surface area contributed by atoms with Gasteiger partial charge >= 0.3 is 0 Å². The van der Waals surface area contributed by atoms with Gasteiger partial charge in [0.2, 0.25) is 11.1 Å². The monoisotopic (exact) mass is 403 g/mol. The smallest absolute Gasteiger partial charge is 0.233 e. The van der Waals surface area contributed by atoms with Crippen LogP contribution < -0.4 is 5.84 Å². The molecule has 2 atom stereocenters. The summed E-state index contributed by atoms with van der Waals surface area (Å²) in [7, 11) is 0. The minimum atomic E-state index is 0.0542. The molecule has 2 aromatic rings. The Kier molecular flexibility index (Phi) is 6.00. The number of ether oxygens (including phenoxy) is 1.